The molecule has 11 heavy (non-hydrogen) atoms. The molecule has 0 fully saturated rings. The first-order chi connectivity index (χ1) is 5.12. The zero-order valence-corrected chi connectivity index (χ0v) is 7.52. The molecule has 0 aliphatic carbocycles. The number of sulfonamides is 1. The lowest BCUT2D eigenvalue weighted by molar-refractivity contribution is 0.285. The van der Waals surface area contributed by atoms with E-state index in [1.807, 2.05) is 0 Å². The standard InChI is InChI=1S/C6H15NO3S/c1-2-11(9,10)7-5-3-4-6-8/h7-8H,2-6H2,1H3. The molecule has 0 aromatic rings. The number of nitrogens with one attached hydrogen (secondary N) is 1. The first-order valence-electron chi connectivity index (χ1n) is 3.70. The molecule has 0 saturated heterocycles. The molecule has 0 aromatic heterocycles. The summed E-state index contributed by atoms with van der Waals surface area (Å²) >= 11 is 0. The van der Waals surface area contributed by atoms with Gasteiger partial charge in [-0.3, -0.25) is 0 Å². The van der Waals surface area contributed by atoms with E-state index in [9.17, 15) is 8.42 Å². The summed E-state index contributed by atoms with van der Waals surface area (Å²) in [5.41, 5.74) is 0. The summed E-state index contributed by atoms with van der Waals surface area (Å²) in [6, 6.07) is 0. The molecular weight excluding hydrogens is 166 g/mol. The summed E-state index contributed by atoms with van der Waals surface area (Å²) in [5.74, 6) is 0.117. The fourth-order valence-electron chi connectivity index (χ4n) is 0.567. The van der Waals surface area contributed by atoms with Crippen molar-refractivity contribution in [3.63, 3.8) is 0 Å². The van der Waals surface area contributed by atoms with Gasteiger partial charge in [0.25, 0.3) is 0 Å². The van der Waals surface area contributed by atoms with Crippen molar-refractivity contribution in [1.29, 1.82) is 0 Å². The molecule has 4 nitrogen and oxygen atoms in total. The highest BCUT2D eigenvalue weighted by Crippen LogP contribution is 1.87. The summed E-state index contributed by atoms with van der Waals surface area (Å²) in [5, 5.41) is 8.38. The third-order valence-electron chi connectivity index (χ3n) is 1.29. The largest absolute Gasteiger partial charge is 0.396 e. The summed E-state index contributed by atoms with van der Waals surface area (Å²) in [6.45, 7) is 2.14. The summed E-state index contributed by atoms with van der Waals surface area (Å²) in [7, 11) is -3.03. The van der Waals surface area contributed by atoms with Crippen LogP contribution in [-0.4, -0.2) is 32.4 Å². The molecule has 68 valence electrons. The van der Waals surface area contributed by atoms with Crippen LogP contribution in [0.25, 0.3) is 0 Å². The van der Waals surface area contributed by atoms with Crippen LogP contribution in [0.5, 0.6) is 0 Å². The van der Waals surface area contributed by atoms with Gasteiger partial charge in [-0.2, -0.15) is 0 Å². The number of aliphatic hydroxyl groups is 1. The molecule has 0 rings (SSSR count). The minimum absolute atomic E-state index is 0.117. The second-order valence-electron chi connectivity index (χ2n) is 2.23. The predicted molar refractivity (Wildman–Crippen MR) is 43.8 cm³/mol. The van der Waals surface area contributed by atoms with E-state index >= 15 is 0 Å². The predicted octanol–water partition coefficient (Wildman–Crippen LogP) is -0.302. The van der Waals surface area contributed by atoms with Crippen molar-refractivity contribution in [2.45, 2.75) is 19.8 Å². The van der Waals surface area contributed by atoms with E-state index in [0.29, 0.717) is 19.4 Å². The summed E-state index contributed by atoms with van der Waals surface area (Å²) < 4.78 is 24.0. The smallest absolute Gasteiger partial charge is 0.211 e. The van der Waals surface area contributed by atoms with Crippen molar-refractivity contribution in [2.24, 2.45) is 0 Å². The first kappa shape index (κ1) is 10.9. The Balaban J connectivity index is 3.39. The van der Waals surface area contributed by atoms with Crippen LogP contribution in [0.3, 0.4) is 0 Å². The van der Waals surface area contributed by atoms with Crippen molar-refractivity contribution in [3.05, 3.63) is 0 Å². The molecule has 0 radical (unpaired) electrons. The lowest BCUT2D eigenvalue weighted by atomic mass is 10.3. The molecule has 0 saturated carbocycles. The molecular formula is C6H15NO3S. The normalized spacial score (nSPS) is 11.8. The van der Waals surface area contributed by atoms with Gasteiger partial charge in [0.05, 0.1) is 5.75 Å². The number of hydrogen-bond acceptors (Lipinski definition) is 3. The maximum Gasteiger partial charge on any atom is 0.211 e. The molecule has 0 atom stereocenters. The van der Waals surface area contributed by atoms with Gasteiger partial charge in [-0.05, 0) is 19.8 Å². The van der Waals surface area contributed by atoms with Crippen molar-refractivity contribution in [1.82, 2.24) is 4.72 Å². The van der Waals surface area contributed by atoms with Gasteiger partial charge in [0.2, 0.25) is 10.0 Å². The van der Waals surface area contributed by atoms with E-state index in [4.69, 9.17) is 5.11 Å². The lowest BCUT2D eigenvalue weighted by Gasteiger charge is -2.02. The average Bonchev–Trinajstić information content (AvgIpc) is 1.99. The summed E-state index contributed by atoms with van der Waals surface area (Å²) in [6.07, 6.45) is 1.34. The van der Waals surface area contributed by atoms with E-state index in [2.05, 4.69) is 4.72 Å². The fourth-order valence-corrected chi connectivity index (χ4v) is 1.23. The SMILES string of the molecule is CCS(=O)(=O)NCCCCO. The molecule has 0 bridgehead atoms. The van der Waals surface area contributed by atoms with Gasteiger partial charge in [0.15, 0.2) is 0 Å². The molecule has 0 aliphatic rings. The zero-order chi connectivity index (χ0) is 8.74. The van der Waals surface area contributed by atoms with Crippen LogP contribution in [0.15, 0.2) is 0 Å². The second-order valence-corrected chi connectivity index (χ2v) is 4.32. The molecule has 0 unspecified atom stereocenters. The van der Waals surface area contributed by atoms with Crippen LogP contribution >= 0.6 is 0 Å². The topological polar surface area (TPSA) is 66.4 Å². The highest BCUT2D eigenvalue weighted by molar-refractivity contribution is 7.89. The molecule has 0 amide bonds. The van der Waals surface area contributed by atoms with Crippen molar-refractivity contribution in [3.8, 4) is 0 Å². The maximum atomic E-state index is 10.8. The number of rotatable bonds is 6. The van der Waals surface area contributed by atoms with E-state index in [-0.39, 0.29) is 12.4 Å². The molecule has 0 aliphatic heterocycles. The van der Waals surface area contributed by atoms with E-state index in [1.54, 1.807) is 6.92 Å². The van der Waals surface area contributed by atoms with E-state index in [1.165, 1.54) is 0 Å². The highest BCUT2D eigenvalue weighted by atomic mass is 32.2. The highest BCUT2D eigenvalue weighted by Gasteiger charge is 2.03. The average molecular weight is 181 g/mol. The number of hydrogen-bond donors (Lipinski definition) is 2. The van der Waals surface area contributed by atoms with Gasteiger partial charge in [0, 0.05) is 13.2 Å². The van der Waals surface area contributed by atoms with Crippen molar-refractivity contribution >= 4 is 10.0 Å². The molecule has 5 heteroatoms. The van der Waals surface area contributed by atoms with Gasteiger partial charge < -0.3 is 5.11 Å². The zero-order valence-electron chi connectivity index (χ0n) is 6.71. The van der Waals surface area contributed by atoms with Gasteiger partial charge >= 0.3 is 0 Å². The van der Waals surface area contributed by atoms with Gasteiger partial charge in [0.1, 0.15) is 0 Å². The Morgan fingerprint density at radius 2 is 2.00 bits per heavy atom. The number of unbranched alkanes of at least 4 members (excludes halogenated alkanes) is 1. The third kappa shape index (κ3) is 6.28. The van der Waals surface area contributed by atoms with Crippen LogP contribution in [0.4, 0.5) is 0 Å². The Labute approximate surface area is 67.7 Å². The van der Waals surface area contributed by atoms with E-state index < -0.39 is 10.0 Å². The molecule has 0 aromatic carbocycles. The van der Waals surface area contributed by atoms with Gasteiger partial charge in [-0.15, -0.1) is 0 Å². The van der Waals surface area contributed by atoms with Gasteiger partial charge in [-0.1, -0.05) is 0 Å². The quantitative estimate of drug-likeness (QED) is 0.553. The Bertz CT molecular complexity index is 176. The molecule has 2 N–H and O–H groups in total. The van der Waals surface area contributed by atoms with Crippen molar-refractivity contribution in [2.75, 3.05) is 18.9 Å². The Morgan fingerprint density at radius 3 is 2.45 bits per heavy atom. The van der Waals surface area contributed by atoms with Crippen LogP contribution in [-0.2, 0) is 10.0 Å². The Morgan fingerprint density at radius 1 is 1.36 bits per heavy atom. The van der Waals surface area contributed by atoms with Crippen LogP contribution in [0, 0.1) is 0 Å². The van der Waals surface area contributed by atoms with Crippen LogP contribution in [0.1, 0.15) is 19.8 Å². The lowest BCUT2D eigenvalue weighted by Crippen LogP contribution is -2.26. The Kier molecular flexibility index (Phi) is 5.45. The monoisotopic (exact) mass is 181 g/mol. The second kappa shape index (κ2) is 5.51. The van der Waals surface area contributed by atoms with E-state index in [0.717, 1.165) is 0 Å². The first-order valence-corrected chi connectivity index (χ1v) is 5.36. The summed E-state index contributed by atoms with van der Waals surface area (Å²) in [4.78, 5) is 0. The molecule has 0 heterocycles. The van der Waals surface area contributed by atoms with Gasteiger partial charge in [-0.25, -0.2) is 13.1 Å². The van der Waals surface area contributed by atoms with Crippen molar-refractivity contribution < 1.29 is 13.5 Å². The van der Waals surface area contributed by atoms with Crippen LogP contribution in [0.2, 0.25) is 0 Å². The third-order valence-corrected chi connectivity index (χ3v) is 2.69. The molecule has 0 spiro atoms. The van der Waals surface area contributed by atoms with Crippen LogP contribution < -0.4 is 4.72 Å². The number of aliphatic hydroxyl groups excluding tert-OH is 1. The maximum absolute atomic E-state index is 10.8. The fraction of sp³-hybridized carbons (Fsp3) is 1.00. The minimum Gasteiger partial charge on any atom is -0.396 e. The minimum atomic E-state index is -3.03. The Hall–Kier alpha value is -0.130.